The molecule has 10 heteroatoms. The first-order valence-electron chi connectivity index (χ1n) is 5.38. The number of alkyl halides is 3. The van der Waals surface area contributed by atoms with Gasteiger partial charge in [0.05, 0.1) is 5.69 Å². The zero-order valence-corrected chi connectivity index (χ0v) is 11.8. The number of rotatable bonds is 4. The molecule has 0 aromatic heterocycles. The van der Waals surface area contributed by atoms with Crippen LogP contribution in [0, 0.1) is 5.82 Å². The lowest BCUT2D eigenvalue weighted by Gasteiger charge is -2.22. The summed E-state index contributed by atoms with van der Waals surface area (Å²) in [6.45, 7) is -2.93. The fourth-order valence-corrected chi connectivity index (χ4v) is 1.73. The van der Waals surface area contributed by atoms with Gasteiger partial charge in [0.25, 0.3) is 0 Å². The fourth-order valence-electron chi connectivity index (χ4n) is 1.37. The molecule has 21 heavy (non-hydrogen) atoms. The monoisotopic (exact) mass is 372 g/mol. The summed E-state index contributed by atoms with van der Waals surface area (Å²) in [6.07, 6.45) is -4.78. The van der Waals surface area contributed by atoms with Crippen LogP contribution in [0.4, 0.5) is 28.0 Å². The van der Waals surface area contributed by atoms with E-state index in [2.05, 4.69) is 15.9 Å². The number of nitrogens with zero attached hydrogens (tertiary/aromatic N) is 1. The smallest absolute Gasteiger partial charge is 0.406 e. The Morgan fingerprint density at radius 3 is 2.48 bits per heavy atom. The molecular weight excluding hydrogens is 364 g/mol. The van der Waals surface area contributed by atoms with Crippen molar-refractivity contribution in [3.63, 3.8) is 0 Å². The van der Waals surface area contributed by atoms with Gasteiger partial charge in [0.15, 0.2) is 0 Å². The van der Waals surface area contributed by atoms with Crippen LogP contribution in [0.2, 0.25) is 0 Å². The van der Waals surface area contributed by atoms with Gasteiger partial charge in [-0.3, -0.25) is 4.79 Å². The molecule has 1 aromatic rings. The molecule has 2 amide bonds. The quantitative estimate of drug-likeness (QED) is 0.798. The van der Waals surface area contributed by atoms with Crippen molar-refractivity contribution >= 4 is 33.6 Å². The molecule has 116 valence electrons. The summed E-state index contributed by atoms with van der Waals surface area (Å²) in [5.74, 6) is -2.49. The molecule has 0 unspecified atom stereocenters. The van der Waals surface area contributed by atoms with E-state index in [1.807, 2.05) is 5.32 Å². The van der Waals surface area contributed by atoms with Crippen LogP contribution < -0.4 is 5.32 Å². The number of hydrogen-bond acceptors (Lipinski definition) is 2. The summed E-state index contributed by atoms with van der Waals surface area (Å²) in [4.78, 5) is 22.2. The Kier molecular flexibility index (Phi) is 5.53. The summed E-state index contributed by atoms with van der Waals surface area (Å²) >= 11 is 3.01. The molecule has 0 spiro atoms. The molecule has 1 aromatic carbocycles. The largest absolute Gasteiger partial charge is 0.480 e. The van der Waals surface area contributed by atoms with Crippen molar-refractivity contribution in [3.8, 4) is 0 Å². The summed E-state index contributed by atoms with van der Waals surface area (Å²) in [6, 6.07) is 2.09. The highest BCUT2D eigenvalue weighted by Crippen LogP contribution is 2.21. The minimum atomic E-state index is -4.78. The second kappa shape index (κ2) is 6.74. The summed E-state index contributed by atoms with van der Waals surface area (Å²) < 4.78 is 50.7. The van der Waals surface area contributed by atoms with Crippen molar-refractivity contribution in [3.05, 3.63) is 28.5 Å². The first kappa shape index (κ1) is 17.2. The second-order valence-electron chi connectivity index (χ2n) is 3.92. The number of amides is 2. The van der Waals surface area contributed by atoms with Gasteiger partial charge in [-0.2, -0.15) is 13.2 Å². The van der Waals surface area contributed by atoms with Crippen molar-refractivity contribution < 1.29 is 32.3 Å². The van der Waals surface area contributed by atoms with Crippen LogP contribution in [-0.2, 0) is 4.79 Å². The number of aliphatic carboxylic acids is 1. The first-order chi connectivity index (χ1) is 9.58. The van der Waals surface area contributed by atoms with E-state index in [1.165, 1.54) is 6.07 Å². The Morgan fingerprint density at radius 2 is 1.95 bits per heavy atom. The highest BCUT2D eigenvalue weighted by molar-refractivity contribution is 9.10. The molecule has 0 aliphatic rings. The van der Waals surface area contributed by atoms with Gasteiger partial charge in [-0.25, -0.2) is 9.18 Å². The Hall–Kier alpha value is -1.84. The van der Waals surface area contributed by atoms with Gasteiger partial charge in [-0.1, -0.05) is 15.9 Å². The van der Waals surface area contributed by atoms with Crippen molar-refractivity contribution in [2.75, 3.05) is 18.4 Å². The predicted molar refractivity (Wildman–Crippen MR) is 68.4 cm³/mol. The summed E-state index contributed by atoms with van der Waals surface area (Å²) in [5, 5.41) is 10.4. The van der Waals surface area contributed by atoms with Gasteiger partial charge in [-0.15, -0.1) is 0 Å². The molecule has 0 radical (unpaired) electrons. The van der Waals surface area contributed by atoms with E-state index in [4.69, 9.17) is 5.11 Å². The zero-order chi connectivity index (χ0) is 16.2. The molecule has 1 rings (SSSR count). The number of nitrogens with one attached hydrogen (secondary N) is 1. The van der Waals surface area contributed by atoms with Crippen molar-refractivity contribution in [1.29, 1.82) is 0 Å². The molecule has 5 nitrogen and oxygen atoms in total. The summed E-state index contributed by atoms with van der Waals surface area (Å²) in [7, 11) is 0. The van der Waals surface area contributed by atoms with Gasteiger partial charge < -0.3 is 15.3 Å². The predicted octanol–water partition coefficient (Wildman–Crippen LogP) is 3.07. The van der Waals surface area contributed by atoms with Gasteiger partial charge in [0.1, 0.15) is 18.9 Å². The van der Waals surface area contributed by atoms with Crippen LogP contribution in [0.3, 0.4) is 0 Å². The van der Waals surface area contributed by atoms with E-state index in [-0.39, 0.29) is 10.6 Å². The highest BCUT2D eigenvalue weighted by atomic mass is 79.9. The molecular formula is C11H9BrF4N2O3. The average Bonchev–Trinajstić information content (AvgIpc) is 2.30. The van der Waals surface area contributed by atoms with Crippen LogP contribution in [0.25, 0.3) is 0 Å². The highest BCUT2D eigenvalue weighted by Gasteiger charge is 2.34. The maximum atomic E-state index is 13.4. The van der Waals surface area contributed by atoms with Crippen LogP contribution in [0.5, 0.6) is 0 Å². The second-order valence-corrected chi connectivity index (χ2v) is 4.83. The first-order valence-corrected chi connectivity index (χ1v) is 6.17. The maximum Gasteiger partial charge on any atom is 0.406 e. The number of anilines is 1. The van der Waals surface area contributed by atoms with Gasteiger partial charge >= 0.3 is 18.2 Å². The Labute approximate surface area is 124 Å². The molecule has 0 saturated heterocycles. The SMILES string of the molecule is O=C(O)CN(CC(F)(F)F)C(=O)Nc1cc(Br)ccc1F. The molecule has 0 heterocycles. The van der Waals surface area contributed by atoms with Gasteiger partial charge in [0.2, 0.25) is 0 Å². The van der Waals surface area contributed by atoms with Crippen LogP contribution in [0.15, 0.2) is 22.7 Å². The average molecular weight is 373 g/mol. The maximum absolute atomic E-state index is 13.4. The number of carbonyl (C=O) groups is 2. The third-order valence-corrected chi connectivity index (χ3v) is 2.65. The standard InChI is InChI=1S/C11H9BrF4N2O3/c12-6-1-2-7(13)8(3-6)17-10(21)18(4-9(19)20)5-11(14,15)16/h1-3H,4-5H2,(H,17,21)(H,19,20). The zero-order valence-electron chi connectivity index (χ0n) is 10.2. The number of urea groups is 1. The normalized spacial score (nSPS) is 11.1. The lowest BCUT2D eigenvalue weighted by Crippen LogP contribution is -2.44. The number of carboxylic acid groups (broad SMARTS) is 1. The van der Waals surface area contributed by atoms with Crippen molar-refractivity contribution in [2.45, 2.75) is 6.18 Å². The van der Waals surface area contributed by atoms with Crippen molar-refractivity contribution in [1.82, 2.24) is 4.90 Å². The summed E-state index contributed by atoms with van der Waals surface area (Å²) in [5.41, 5.74) is -0.369. The number of hydrogen-bond donors (Lipinski definition) is 2. The number of benzene rings is 1. The van der Waals surface area contributed by atoms with E-state index in [0.29, 0.717) is 4.47 Å². The Balaban J connectivity index is 2.89. The van der Waals surface area contributed by atoms with Gasteiger partial charge in [-0.05, 0) is 18.2 Å². The third kappa shape index (κ3) is 5.98. The van der Waals surface area contributed by atoms with Crippen molar-refractivity contribution in [2.24, 2.45) is 0 Å². The van der Waals surface area contributed by atoms with E-state index >= 15 is 0 Å². The molecule has 0 saturated carbocycles. The van der Waals surface area contributed by atoms with Crippen LogP contribution in [-0.4, -0.2) is 41.3 Å². The minimum absolute atomic E-state index is 0.0165. The fraction of sp³-hybridized carbons (Fsp3) is 0.273. The molecule has 0 aliphatic heterocycles. The van der Waals surface area contributed by atoms with Crippen LogP contribution in [0.1, 0.15) is 0 Å². The third-order valence-electron chi connectivity index (χ3n) is 2.15. The molecule has 0 atom stereocenters. The Morgan fingerprint density at radius 1 is 1.33 bits per heavy atom. The number of carbonyl (C=O) groups excluding carboxylic acids is 1. The van der Waals surface area contributed by atoms with E-state index in [9.17, 15) is 27.2 Å². The Bertz CT molecular complexity index is 551. The van der Waals surface area contributed by atoms with Crippen LogP contribution >= 0.6 is 15.9 Å². The topological polar surface area (TPSA) is 69.6 Å². The van der Waals surface area contributed by atoms with E-state index < -0.39 is 37.1 Å². The number of halogens is 5. The number of carboxylic acids is 1. The van der Waals surface area contributed by atoms with Gasteiger partial charge in [0, 0.05) is 4.47 Å². The lowest BCUT2D eigenvalue weighted by atomic mass is 10.3. The molecule has 2 N–H and O–H groups in total. The molecule has 0 fully saturated rings. The van der Waals surface area contributed by atoms with E-state index in [0.717, 1.165) is 12.1 Å². The lowest BCUT2D eigenvalue weighted by molar-refractivity contribution is -0.148. The molecule has 0 aliphatic carbocycles. The van der Waals surface area contributed by atoms with E-state index in [1.54, 1.807) is 0 Å². The molecule has 0 bridgehead atoms. The minimum Gasteiger partial charge on any atom is -0.480 e.